The number of rotatable bonds is 5. The van der Waals surface area contributed by atoms with Crippen molar-refractivity contribution in [2.24, 2.45) is 5.41 Å². The zero-order valence-electron chi connectivity index (χ0n) is 14.8. The lowest BCUT2D eigenvalue weighted by Gasteiger charge is -2.41. The van der Waals surface area contributed by atoms with Gasteiger partial charge >= 0.3 is 6.18 Å². The van der Waals surface area contributed by atoms with E-state index in [2.05, 4.69) is 0 Å². The van der Waals surface area contributed by atoms with Crippen LogP contribution in [0.15, 0.2) is 41.1 Å². The van der Waals surface area contributed by atoms with Gasteiger partial charge in [0.1, 0.15) is 0 Å². The van der Waals surface area contributed by atoms with Gasteiger partial charge < -0.3 is 10.0 Å². The maximum atomic E-state index is 13.3. The van der Waals surface area contributed by atoms with Crippen LogP contribution in [0.1, 0.15) is 29.5 Å². The fourth-order valence-corrected chi connectivity index (χ4v) is 4.32. The van der Waals surface area contributed by atoms with E-state index in [9.17, 15) is 23.1 Å². The molecule has 0 atom stereocenters. The summed E-state index contributed by atoms with van der Waals surface area (Å²) in [5.74, 6) is 0.0237. The Bertz CT molecular complexity index is 766. The predicted molar refractivity (Wildman–Crippen MR) is 98.5 cm³/mol. The smallest absolute Gasteiger partial charge is 0.396 e. The van der Waals surface area contributed by atoms with Crippen molar-refractivity contribution in [1.82, 2.24) is 4.90 Å². The van der Waals surface area contributed by atoms with Gasteiger partial charge in [-0.25, -0.2) is 0 Å². The van der Waals surface area contributed by atoms with Gasteiger partial charge in [-0.15, -0.1) is 0 Å². The number of nitrogens with zero attached hydrogens (tertiary/aromatic N) is 1. The maximum Gasteiger partial charge on any atom is 0.416 e. The molecule has 0 aliphatic carbocycles. The molecule has 1 aromatic carbocycles. The third kappa shape index (κ3) is 4.71. The van der Waals surface area contributed by atoms with Crippen molar-refractivity contribution in [3.8, 4) is 0 Å². The summed E-state index contributed by atoms with van der Waals surface area (Å²) in [6, 6.07) is 7.45. The highest BCUT2D eigenvalue weighted by atomic mass is 32.1. The average molecular weight is 397 g/mol. The number of benzene rings is 1. The van der Waals surface area contributed by atoms with Crippen LogP contribution in [0.2, 0.25) is 0 Å². The van der Waals surface area contributed by atoms with Gasteiger partial charge in [0.15, 0.2) is 0 Å². The number of carbonyl (C=O) groups excluding carboxylic acids is 1. The number of aliphatic hydroxyl groups excluding tert-OH is 1. The fourth-order valence-electron chi connectivity index (χ4n) is 3.66. The van der Waals surface area contributed by atoms with E-state index in [-0.39, 0.29) is 24.5 Å². The summed E-state index contributed by atoms with van der Waals surface area (Å²) in [6.45, 7) is 0.723. The number of likely N-dealkylation sites (tertiary alicyclic amines) is 1. The van der Waals surface area contributed by atoms with Gasteiger partial charge in [-0.2, -0.15) is 24.5 Å². The molecule has 0 spiro atoms. The van der Waals surface area contributed by atoms with Crippen molar-refractivity contribution in [3.05, 3.63) is 57.8 Å². The molecule has 0 unspecified atom stereocenters. The molecule has 0 bridgehead atoms. The highest BCUT2D eigenvalue weighted by Gasteiger charge is 2.39. The minimum Gasteiger partial charge on any atom is -0.396 e. The SMILES string of the molecule is O=C(Cc1ccsc1)N1CCC(CO)(Cc2ccccc2C(F)(F)F)CC1. The number of amides is 1. The second-order valence-electron chi connectivity index (χ2n) is 7.18. The van der Waals surface area contributed by atoms with Crippen LogP contribution in [0.25, 0.3) is 0 Å². The van der Waals surface area contributed by atoms with Gasteiger partial charge in [0, 0.05) is 25.1 Å². The molecule has 1 saturated heterocycles. The highest BCUT2D eigenvalue weighted by Crippen LogP contribution is 2.39. The van der Waals surface area contributed by atoms with Crippen molar-refractivity contribution in [1.29, 1.82) is 0 Å². The lowest BCUT2D eigenvalue weighted by molar-refractivity contribution is -0.138. The van der Waals surface area contributed by atoms with Crippen LogP contribution in [0.4, 0.5) is 13.2 Å². The summed E-state index contributed by atoms with van der Waals surface area (Å²) in [6.07, 6.45) is -2.93. The number of alkyl halides is 3. The topological polar surface area (TPSA) is 40.5 Å². The van der Waals surface area contributed by atoms with Crippen molar-refractivity contribution in [2.45, 2.75) is 31.9 Å². The van der Waals surface area contributed by atoms with E-state index in [4.69, 9.17) is 0 Å². The minimum absolute atomic E-state index is 0.0237. The second-order valence-corrected chi connectivity index (χ2v) is 7.96. The van der Waals surface area contributed by atoms with Crippen molar-refractivity contribution in [3.63, 3.8) is 0 Å². The molecule has 1 aliphatic heterocycles. The van der Waals surface area contributed by atoms with Crippen molar-refractivity contribution in [2.75, 3.05) is 19.7 Å². The first kappa shape index (κ1) is 19.9. The Morgan fingerprint density at radius 3 is 2.48 bits per heavy atom. The number of hydrogen-bond acceptors (Lipinski definition) is 3. The number of hydrogen-bond donors (Lipinski definition) is 1. The first-order valence-electron chi connectivity index (χ1n) is 8.88. The molecule has 3 rings (SSSR count). The number of carbonyl (C=O) groups is 1. The van der Waals surface area contributed by atoms with E-state index >= 15 is 0 Å². The Balaban J connectivity index is 1.67. The third-order valence-electron chi connectivity index (χ3n) is 5.34. The van der Waals surface area contributed by atoms with Gasteiger partial charge in [0.05, 0.1) is 12.0 Å². The summed E-state index contributed by atoms with van der Waals surface area (Å²) >= 11 is 1.54. The largest absolute Gasteiger partial charge is 0.416 e. The van der Waals surface area contributed by atoms with Gasteiger partial charge in [-0.05, 0) is 53.3 Å². The van der Waals surface area contributed by atoms with E-state index in [1.807, 2.05) is 16.8 Å². The first-order valence-corrected chi connectivity index (χ1v) is 9.82. The molecular formula is C20H22F3NO2S. The number of piperidine rings is 1. The molecule has 1 aromatic heterocycles. The van der Waals surface area contributed by atoms with Crippen LogP contribution in [0.3, 0.4) is 0 Å². The van der Waals surface area contributed by atoms with Crippen LogP contribution < -0.4 is 0 Å². The third-order valence-corrected chi connectivity index (χ3v) is 6.07. The summed E-state index contributed by atoms with van der Waals surface area (Å²) in [5.41, 5.74) is -0.0884. The number of aliphatic hydroxyl groups is 1. The van der Waals surface area contributed by atoms with Gasteiger partial charge in [-0.1, -0.05) is 18.2 Å². The minimum atomic E-state index is -4.41. The zero-order valence-corrected chi connectivity index (χ0v) is 15.7. The molecule has 0 radical (unpaired) electrons. The summed E-state index contributed by atoms with van der Waals surface area (Å²) < 4.78 is 39.8. The molecule has 1 N–H and O–H groups in total. The van der Waals surface area contributed by atoms with Gasteiger partial charge in [0.2, 0.25) is 5.91 Å². The predicted octanol–water partition coefficient (Wildman–Crippen LogP) is 4.15. The van der Waals surface area contributed by atoms with E-state index in [1.165, 1.54) is 12.1 Å². The monoisotopic (exact) mass is 397 g/mol. The standard InChI is InChI=1S/C20H22F3NO2S/c21-20(22,23)17-4-2-1-3-16(17)12-19(14-25)6-8-24(9-7-19)18(26)11-15-5-10-27-13-15/h1-5,10,13,25H,6-9,11-12,14H2. The van der Waals surface area contributed by atoms with Crippen LogP contribution in [0.5, 0.6) is 0 Å². The van der Waals surface area contributed by atoms with Crippen LogP contribution in [-0.4, -0.2) is 35.6 Å². The van der Waals surface area contributed by atoms with E-state index in [0.717, 1.165) is 11.6 Å². The molecule has 3 nitrogen and oxygen atoms in total. The average Bonchev–Trinajstić information content (AvgIpc) is 3.15. The quantitative estimate of drug-likeness (QED) is 0.823. The Morgan fingerprint density at radius 1 is 1.19 bits per heavy atom. The molecule has 2 heterocycles. The summed E-state index contributed by atoms with van der Waals surface area (Å²) in [7, 11) is 0. The molecule has 2 aromatic rings. The Morgan fingerprint density at radius 2 is 1.89 bits per heavy atom. The molecule has 7 heteroatoms. The molecule has 0 saturated carbocycles. The van der Waals surface area contributed by atoms with E-state index in [0.29, 0.717) is 32.4 Å². The van der Waals surface area contributed by atoms with Crippen LogP contribution >= 0.6 is 11.3 Å². The number of thiophene rings is 1. The first-order chi connectivity index (χ1) is 12.8. The zero-order chi connectivity index (χ0) is 19.5. The highest BCUT2D eigenvalue weighted by molar-refractivity contribution is 7.08. The Hall–Kier alpha value is -1.86. The van der Waals surface area contributed by atoms with E-state index in [1.54, 1.807) is 22.3 Å². The molecule has 1 amide bonds. The second kappa shape index (κ2) is 8.02. The lowest BCUT2D eigenvalue weighted by Crippen LogP contribution is -2.46. The maximum absolute atomic E-state index is 13.3. The normalized spacial score (nSPS) is 17.1. The summed E-state index contributed by atoms with van der Waals surface area (Å²) in [5, 5.41) is 13.8. The van der Waals surface area contributed by atoms with Crippen molar-refractivity contribution < 1.29 is 23.1 Å². The Kier molecular flexibility index (Phi) is 5.91. The van der Waals surface area contributed by atoms with Crippen LogP contribution in [-0.2, 0) is 23.8 Å². The number of halogens is 3. The molecular weight excluding hydrogens is 375 g/mol. The lowest BCUT2D eigenvalue weighted by atomic mass is 9.73. The Labute approximate surface area is 160 Å². The van der Waals surface area contributed by atoms with Gasteiger partial charge in [0.25, 0.3) is 0 Å². The fraction of sp³-hybridized carbons (Fsp3) is 0.450. The molecule has 27 heavy (non-hydrogen) atoms. The summed E-state index contributed by atoms with van der Waals surface area (Å²) in [4.78, 5) is 14.2. The van der Waals surface area contributed by atoms with Crippen LogP contribution in [0, 0.1) is 5.41 Å². The molecule has 1 aliphatic rings. The van der Waals surface area contributed by atoms with E-state index < -0.39 is 17.2 Å². The molecule has 1 fully saturated rings. The molecule has 146 valence electrons. The van der Waals surface area contributed by atoms with Gasteiger partial charge in [-0.3, -0.25) is 4.79 Å². The van der Waals surface area contributed by atoms with Crippen molar-refractivity contribution >= 4 is 17.2 Å².